The molecule has 0 spiro atoms. The Kier molecular flexibility index (Phi) is 7.39. The van der Waals surface area contributed by atoms with Crippen LogP contribution in [0.4, 0.5) is 5.69 Å². The molecule has 0 saturated heterocycles. The quantitative estimate of drug-likeness (QED) is 0.123. The molecule has 0 fully saturated rings. The van der Waals surface area contributed by atoms with E-state index in [1.165, 1.54) is 88.1 Å². The predicted molar refractivity (Wildman–Crippen MR) is 249 cm³/mol. The second-order valence-electron chi connectivity index (χ2n) is 15.5. The number of benzene rings is 9. The molecule has 59 heavy (non-hydrogen) atoms. The SMILES string of the molecule is [C-]#[N+]c1ccc2c3cccc4c3n(c2c1)-c1ccccc1B4n1c2c(-c3ccccc3)cc(-c3ccccc3)cc2c2cc(-c3ccccc3)cc(-c3ccccc3)c21. The summed E-state index contributed by atoms with van der Waals surface area (Å²) in [6.07, 6.45) is 0. The van der Waals surface area contributed by atoms with E-state index in [4.69, 9.17) is 6.57 Å². The highest BCUT2D eigenvalue weighted by Gasteiger charge is 2.37. The lowest BCUT2D eigenvalue weighted by Gasteiger charge is -2.29. The molecule has 0 N–H and O–H groups in total. The average Bonchev–Trinajstić information content (AvgIpc) is 3.83. The van der Waals surface area contributed by atoms with Gasteiger partial charge < -0.3 is 9.05 Å². The van der Waals surface area contributed by atoms with Crippen molar-refractivity contribution in [3.63, 3.8) is 0 Å². The topological polar surface area (TPSA) is 14.2 Å². The Labute approximate surface area is 342 Å². The fraction of sp³-hybridized carbons (Fsp3) is 0. The third kappa shape index (κ3) is 5.02. The van der Waals surface area contributed by atoms with Gasteiger partial charge in [-0.05, 0) is 80.7 Å². The predicted octanol–water partition coefficient (Wildman–Crippen LogP) is 13.1. The molecular formula is C55H34BN3. The molecule has 0 atom stereocenters. The lowest BCUT2D eigenvalue weighted by Crippen LogP contribution is -2.53. The summed E-state index contributed by atoms with van der Waals surface area (Å²) in [7, 11) is 0. The Bertz CT molecular complexity index is 3350. The van der Waals surface area contributed by atoms with Crippen LogP contribution in [-0.4, -0.2) is 15.9 Å². The van der Waals surface area contributed by atoms with Gasteiger partial charge in [0.15, 0.2) is 5.69 Å². The molecular weight excluding hydrogens is 713 g/mol. The van der Waals surface area contributed by atoms with E-state index in [2.05, 4.69) is 214 Å². The van der Waals surface area contributed by atoms with Crippen LogP contribution in [0.5, 0.6) is 0 Å². The van der Waals surface area contributed by atoms with Crippen molar-refractivity contribution >= 4 is 67.1 Å². The zero-order chi connectivity index (χ0) is 39.0. The van der Waals surface area contributed by atoms with Gasteiger partial charge in [0.05, 0.1) is 12.1 Å². The van der Waals surface area contributed by atoms with Gasteiger partial charge in [-0.2, -0.15) is 0 Å². The van der Waals surface area contributed by atoms with Gasteiger partial charge in [0, 0.05) is 54.9 Å². The first-order chi connectivity index (χ1) is 29.2. The number of rotatable bonds is 5. The number of nitrogens with zero attached hydrogens (tertiary/aromatic N) is 3. The van der Waals surface area contributed by atoms with Gasteiger partial charge in [0.25, 0.3) is 0 Å². The standard InChI is InChI=1S/C55H34BN3/c1-57-42-29-30-43-44-25-16-27-50-55(44)58(52(43)35-42)51-28-15-14-26-49(51)56(50)59-53-45(38-21-10-4-11-22-38)31-40(36-17-6-2-7-18-36)33-47(53)48-34-41(37-19-8-3-9-20-37)32-46(54(48)59)39-23-12-5-13-24-39/h2-35H. The van der Waals surface area contributed by atoms with Crippen molar-refractivity contribution in [3.05, 3.63) is 218 Å². The summed E-state index contributed by atoms with van der Waals surface area (Å²) in [4.78, 5) is 3.85. The van der Waals surface area contributed by atoms with E-state index in [1.54, 1.807) is 0 Å². The van der Waals surface area contributed by atoms with Crippen LogP contribution >= 0.6 is 0 Å². The molecule has 0 bridgehead atoms. The number of aromatic nitrogens is 2. The summed E-state index contributed by atoms with van der Waals surface area (Å²) in [5.74, 6) is 0. The Hall–Kier alpha value is -7.87. The van der Waals surface area contributed by atoms with E-state index < -0.39 is 0 Å². The number of para-hydroxylation sites is 2. The first-order valence-electron chi connectivity index (χ1n) is 20.2. The molecule has 11 aromatic rings. The van der Waals surface area contributed by atoms with Gasteiger partial charge in [-0.15, -0.1) is 0 Å². The lowest BCUT2D eigenvalue weighted by molar-refractivity contribution is 1.18. The second kappa shape index (κ2) is 13.1. The van der Waals surface area contributed by atoms with Crippen LogP contribution in [0.3, 0.4) is 0 Å². The van der Waals surface area contributed by atoms with E-state index in [1.807, 2.05) is 6.07 Å². The van der Waals surface area contributed by atoms with Crippen LogP contribution in [0.25, 0.3) is 98.7 Å². The molecule has 0 unspecified atom stereocenters. The molecule has 2 aromatic heterocycles. The van der Waals surface area contributed by atoms with Crippen molar-refractivity contribution in [2.24, 2.45) is 0 Å². The van der Waals surface area contributed by atoms with Crippen molar-refractivity contribution in [2.45, 2.75) is 0 Å². The van der Waals surface area contributed by atoms with E-state index in [0.29, 0.717) is 5.69 Å². The summed E-state index contributed by atoms with van der Waals surface area (Å²) in [6, 6.07) is 74.9. The molecule has 0 radical (unpaired) electrons. The third-order valence-electron chi connectivity index (χ3n) is 12.3. The van der Waals surface area contributed by atoms with E-state index in [9.17, 15) is 0 Å². The molecule has 0 amide bonds. The van der Waals surface area contributed by atoms with Crippen LogP contribution in [-0.2, 0) is 0 Å². The lowest BCUT2D eigenvalue weighted by atomic mass is 9.48. The number of hydrogen-bond acceptors (Lipinski definition) is 0. The zero-order valence-electron chi connectivity index (χ0n) is 32.0. The minimum absolute atomic E-state index is 0.179. The van der Waals surface area contributed by atoms with Crippen LogP contribution in [0.15, 0.2) is 206 Å². The number of hydrogen-bond donors (Lipinski definition) is 0. The third-order valence-corrected chi connectivity index (χ3v) is 12.3. The average molecular weight is 748 g/mol. The van der Waals surface area contributed by atoms with Gasteiger partial charge in [0.1, 0.15) is 0 Å². The summed E-state index contributed by atoms with van der Waals surface area (Å²) in [5, 5.41) is 4.78. The molecule has 0 saturated carbocycles. The van der Waals surface area contributed by atoms with Gasteiger partial charge in [0.2, 0.25) is 0 Å². The van der Waals surface area contributed by atoms with Crippen LogP contribution in [0.2, 0.25) is 0 Å². The maximum atomic E-state index is 7.90. The van der Waals surface area contributed by atoms with Crippen LogP contribution < -0.4 is 10.9 Å². The largest absolute Gasteiger partial charge is 0.375 e. The first-order valence-corrected chi connectivity index (χ1v) is 20.2. The minimum Gasteiger partial charge on any atom is -0.375 e. The Morgan fingerprint density at radius 2 is 0.881 bits per heavy atom. The number of fused-ring (bicyclic) bond motifs is 8. The van der Waals surface area contributed by atoms with Crippen molar-refractivity contribution in [2.75, 3.05) is 0 Å². The van der Waals surface area contributed by atoms with Gasteiger partial charge in [-0.3, -0.25) is 0 Å². The molecule has 1 aliphatic rings. The molecule has 3 heterocycles. The molecule has 1 aliphatic heterocycles. The minimum atomic E-state index is -0.179. The van der Waals surface area contributed by atoms with Gasteiger partial charge in [-0.25, -0.2) is 4.85 Å². The molecule has 4 heteroatoms. The molecule has 9 aromatic carbocycles. The molecule has 272 valence electrons. The molecule has 0 aliphatic carbocycles. The van der Waals surface area contributed by atoms with Gasteiger partial charge >= 0.3 is 6.85 Å². The highest BCUT2D eigenvalue weighted by atomic mass is 15.0. The summed E-state index contributed by atoms with van der Waals surface area (Å²) in [6.45, 7) is 7.72. The highest BCUT2D eigenvalue weighted by Crippen LogP contribution is 2.46. The normalized spacial score (nSPS) is 12.0. The maximum absolute atomic E-state index is 7.90. The molecule has 3 nitrogen and oxygen atoms in total. The fourth-order valence-corrected chi connectivity index (χ4v) is 9.83. The van der Waals surface area contributed by atoms with Crippen molar-refractivity contribution < 1.29 is 0 Å². The zero-order valence-corrected chi connectivity index (χ0v) is 32.0. The highest BCUT2D eigenvalue weighted by molar-refractivity contribution is 6.88. The van der Waals surface area contributed by atoms with E-state index in [0.717, 1.165) is 16.6 Å². The van der Waals surface area contributed by atoms with Crippen LogP contribution in [0, 0.1) is 6.57 Å². The van der Waals surface area contributed by atoms with Crippen molar-refractivity contribution in [1.82, 2.24) is 9.05 Å². The maximum Gasteiger partial charge on any atom is 0.332 e. The smallest absolute Gasteiger partial charge is 0.332 e. The summed E-state index contributed by atoms with van der Waals surface area (Å²) >= 11 is 0. The second-order valence-corrected chi connectivity index (χ2v) is 15.5. The van der Waals surface area contributed by atoms with Crippen molar-refractivity contribution in [3.8, 4) is 50.2 Å². The summed E-state index contributed by atoms with van der Waals surface area (Å²) in [5.41, 5.74) is 18.3. The Balaban J connectivity index is 1.32. The van der Waals surface area contributed by atoms with Gasteiger partial charge in [-0.1, -0.05) is 170 Å². The fourth-order valence-electron chi connectivity index (χ4n) is 9.83. The van der Waals surface area contributed by atoms with Crippen LogP contribution in [0.1, 0.15) is 0 Å². The first kappa shape index (κ1) is 33.3. The van der Waals surface area contributed by atoms with E-state index >= 15 is 0 Å². The van der Waals surface area contributed by atoms with E-state index in [-0.39, 0.29) is 6.85 Å². The Morgan fingerprint density at radius 1 is 0.373 bits per heavy atom. The Morgan fingerprint density at radius 3 is 1.44 bits per heavy atom. The molecule has 12 rings (SSSR count). The monoisotopic (exact) mass is 747 g/mol. The summed E-state index contributed by atoms with van der Waals surface area (Å²) < 4.78 is 5.09. The van der Waals surface area contributed by atoms with Crippen molar-refractivity contribution in [1.29, 1.82) is 0 Å².